The van der Waals surface area contributed by atoms with E-state index >= 15 is 0 Å². The summed E-state index contributed by atoms with van der Waals surface area (Å²) in [7, 11) is 3.28. The van der Waals surface area contributed by atoms with Crippen molar-refractivity contribution < 1.29 is 14.3 Å². The lowest BCUT2D eigenvalue weighted by atomic mass is 9.92. The molecule has 6 nitrogen and oxygen atoms in total. The van der Waals surface area contributed by atoms with Crippen molar-refractivity contribution in [2.45, 2.75) is 19.0 Å². The molecule has 3 aromatic carbocycles. The van der Waals surface area contributed by atoms with Gasteiger partial charge in [-0.2, -0.15) is 0 Å². The van der Waals surface area contributed by atoms with Crippen molar-refractivity contribution in [3.05, 3.63) is 94.1 Å². The number of carbonyl (C=O) groups excluding carboxylic acids is 1. The Morgan fingerprint density at radius 1 is 1.06 bits per heavy atom. The van der Waals surface area contributed by atoms with Gasteiger partial charge in [0.05, 0.1) is 20.3 Å². The first kappa shape index (κ1) is 22.2. The molecule has 2 heterocycles. The lowest BCUT2D eigenvalue weighted by molar-refractivity contribution is 0.179. The predicted octanol–water partition coefficient (Wildman–Crippen LogP) is 5.70. The standard InChI is InChI=1S/C27H26ClN3O3/c1-33-20-9-6-18(7-10-20)26-25-22(23-15-19(28)8-11-24(23)30-25)12-13-31(26)27(32)29-16-17-4-3-5-21(14-17)34-2/h3-11,14-15,26,30H,12-13,16H2,1-2H3,(H,29,32)/t26-/m1/s1. The number of carbonyl (C=O) groups is 1. The van der Waals surface area contributed by atoms with E-state index in [-0.39, 0.29) is 12.1 Å². The van der Waals surface area contributed by atoms with Crippen molar-refractivity contribution in [2.24, 2.45) is 0 Å². The first-order chi connectivity index (χ1) is 16.6. The van der Waals surface area contributed by atoms with Crippen LogP contribution in [0.4, 0.5) is 4.79 Å². The molecule has 34 heavy (non-hydrogen) atoms. The predicted molar refractivity (Wildman–Crippen MR) is 134 cm³/mol. The maximum absolute atomic E-state index is 13.4. The number of halogens is 1. The van der Waals surface area contributed by atoms with Crippen molar-refractivity contribution in [2.75, 3.05) is 20.8 Å². The summed E-state index contributed by atoms with van der Waals surface area (Å²) >= 11 is 6.29. The number of methoxy groups -OCH3 is 2. The van der Waals surface area contributed by atoms with Gasteiger partial charge in [-0.1, -0.05) is 35.9 Å². The molecule has 2 N–H and O–H groups in total. The van der Waals surface area contributed by atoms with Crippen LogP contribution in [-0.4, -0.2) is 36.7 Å². The molecule has 0 fully saturated rings. The molecule has 174 valence electrons. The molecule has 0 radical (unpaired) electrons. The van der Waals surface area contributed by atoms with Crippen LogP contribution in [-0.2, 0) is 13.0 Å². The Balaban J connectivity index is 1.49. The SMILES string of the molecule is COc1ccc([C@@H]2c3[nH]c4ccc(Cl)cc4c3CCN2C(=O)NCc2cccc(OC)c2)cc1. The average molecular weight is 476 g/mol. The summed E-state index contributed by atoms with van der Waals surface area (Å²) in [5, 5.41) is 4.90. The van der Waals surface area contributed by atoms with Crippen LogP contribution in [0.25, 0.3) is 10.9 Å². The van der Waals surface area contributed by atoms with Crippen molar-refractivity contribution in [3.8, 4) is 11.5 Å². The zero-order chi connectivity index (χ0) is 23.7. The van der Waals surface area contributed by atoms with Crippen LogP contribution in [0.2, 0.25) is 5.02 Å². The van der Waals surface area contributed by atoms with Gasteiger partial charge in [-0.3, -0.25) is 0 Å². The summed E-state index contributed by atoms with van der Waals surface area (Å²) in [6, 6.07) is 21.1. The molecule has 1 aliphatic rings. The van der Waals surface area contributed by atoms with Gasteiger partial charge in [-0.25, -0.2) is 4.79 Å². The summed E-state index contributed by atoms with van der Waals surface area (Å²) in [6.45, 7) is 1.00. The third-order valence-corrected chi connectivity index (χ3v) is 6.59. The molecule has 2 amide bonds. The zero-order valence-electron chi connectivity index (χ0n) is 19.1. The van der Waals surface area contributed by atoms with Gasteiger partial charge in [0.2, 0.25) is 0 Å². The number of ether oxygens (including phenoxy) is 2. The van der Waals surface area contributed by atoms with Gasteiger partial charge in [0, 0.05) is 34.7 Å². The van der Waals surface area contributed by atoms with Gasteiger partial charge in [-0.15, -0.1) is 0 Å². The second-order valence-electron chi connectivity index (χ2n) is 8.34. The Bertz CT molecular complexity index is 1330. The van der Waals surface area contributed by atoms with Crippen molar-refractivity contribution >= 4 is 28.5 Å². The number of hydrogen-bond donors (Lipinski definition) is 2. The van der Waals surface area contributed by atoms with E-state index in [0.717, 1.165) is 45.6 Å². The molecule has 1 aromatic heterocycles. The molecule has 4 aromatic rings. The molecule has 7 heteroatoms. The summed E-state index contributed by atoms with van der Waals surface area (Å²) in [4.78, 5) is 18.9. The van der Waals surface area contributed by atoms with E-state index in [9.17, 15) is 4.79 Å². The minimum atomic E-state index is -0.258. The van der Waals surface area contributed by atoms with E-state index in [2.05, 4.69) is 10.3 Å². The fourth-order valence-electron chi connectivity index (χ4n) is 4.67. The second-order valence-corrected chi connectivity index (χ2v) is 8.77. The number of aromatic nitrogens is 1. The Morgan fingerprint density at radius 2 is 1.85 bits per heavy atom. The lowest BCUT2D eigenvalue weighted by Crippen LogP contribution is -2.45. The van der Waals surface area contributed by atoms with E-state index in [4.69, 9.17) is 21.1 Å². The van der Waals surface area contributed by atoms with Crippen LogP contribution in [0.15, 0.2) is 66.7 Å². The van der Waals surface area contributed by atoms with Crippen LogP contribution < -0.4 is 14.8 Å². The number of H-pyrrole nitrogens is 1. The first-order valence-corrected chi connectivity index (χ1v) is 11.6. The summed E-state index contributed by atoms with van der Waals surface area (Å²) in [5.74, 6) is 1.54. The van der Waals surface area contributed by atoms with Crippen LogP contribution in [0.5, 0.6) is 11.5 Å². The van der Waals surface area contributed by atoms with E-state index in [1.807, 2.05) is 71.6 Å². The Hall–Kier alpha value is -3.64. The van der Waals surface area contributed by atoms with Crippen LogP contribution in [0, 0.1) is 0 Å². The van der Waals surface area contributed by atoms with Crippen LogP contribution >= 0.6 is 11.6 Å². The second kappa shape index (κ2) is 9.31. The number of urea groups is 1. The molecular formula is C27H26ClN3O3. The molecule has 0 saturated carbocycles. The van der Waals surface area contributed by atoms with Gasteiger partial charge in [0.1, 0.15) is 11.5 Å². The first-order valence-electron chi connectivity index (χ1n) is 11.2. The minimum Gasteiger partial charge on any atom is -0.497 e. The average Bonchev–Trinajstić information content (AvgIpc) is 3.24. The molecule has 5 rings (SSSR count). The smallest absolute Gasteiger partial charge is 0.318 e. The quantitative estimate of drug-likeness (QED) is 0.389. The molecule has 0 unspecified atom stereocenters. The topological polar surface area (TPSA) is 66.6 Å². The van der Waals surface area contributed by atoms with Crippen molar-refractivity contribution in [1.82, 2.24) is 15.2 Å². The number of rotatable bonds is 5. The third kappa shape index (κ3) is 4.17. The molecule has 0 bridgehead atoms. The molecule has 0 spiro atoms. The highest BCUT2D eigenvalue weighted by atomic mass is 35.5. The molecule has 1 aliphatic heterocycles. The molecule has 1 atom stereocenters. The number of aromatic amines is 1. The van der Waals surface area contributed by atoms with Gasteiger partial charge >= 0.3 is 6.03 Å². The Morgan fingerprint density at radius 3 is 2.62 bits per heavy atom. The fourth-order valence-corrected chi connectivity index (χ4v) is 4.85. The number of hydrogen-bond acceptors (Lipinski definition) is 3. The van der Waals surface area contributed by atoms with Gasteiger partial charge in [0.25, 0.3) is 0 Å². The highest BCUT2D eigenvalue weighted by molar-refractivity contribution is 6.31. The number of nitrogens with one attached hydrogen (secondary N) is 2. The van der Waals surface area contributed by atoms with Crippen molar-refractivity contribution in [3.63, 3.8) is 0 Å². The lowest BCUT2D eigenvalue weighted by Gasteiger charge is -2.36. The maximum atomic E-state index is 13.4. The fraction of sp³-hybridized carbons (Fsp3) is 0.222. The van der Waals surface area contributed by atoms with E-state index in [1.54, 1.807) is 14.2 Å². The van der Waals surface area contributed by atoms with Gasteiger partial charge in [0.15, 0.2) is 0 Å². The maximum Gasteiger partial charge on any atom is 0.318 e. The Kier molecular flexibility index (Phi) is 6.07. The number of nitrogens with zero attached hydrogens (tertiary/aromatic N) is 1. The molecular weight excluding hydrogens is 450 g/mol. The largest absolute Gasteiger partial charge is 0.497 e. The van der Waals surface area contributed by atoms with Crippen molar-refractivity contribution in [1.29, 1.82) is 0 Å². The normalized spacial score (nSPS) is 15.1. The van der Waals surface area contributed by atoms with Gasteiger partial charge in [-0.05, 0) is 65.6 Å². The number of benzene rings is 3. The third-order valence-electron chi connectivity index (χ3n) is 6.36. The highest BCUT2D eigenvalue weighted by Gasteiger charge is 2.34. The summed E-state index contributed by atoms with van der Waals surface area (Å²) in [5.41, 5.74) is 5.23. The summed E-state index contributed by atoms with van der Waals surface area (Å²) in [6.07, 6.45) is 0.745. The molecule has 0 aliphatic carbocycles. The van der Waals surface area contributed by atoms with Crippen LogP contribution in [0.3, 0.4) is 0 Å². The minimum absolute atomic E-state index is 0.119. The molecule has 0 saturated heterocycles. The highest BCUT2D eigenvalue weighted by Crippen LogP contribution is 2.39. The zero-order valence-corrected chi connectivity index (χ0v) is 19.9. The Labute approximate surface area is 203 Å². The number of fused-ring (bicyclic) bond motifs is 3. The van der Waals surface area contributed by atoms with Crippen LogP contribution in [0.1, 0.15) is 28.4 Å². The van der Waals surface area contributed by atoms with E-state index < -0.39 is 0 Å². The summed E-state index contributed by atoms with van der Waals surface area (Å²) < 4.78 is 10.6. The van der Waals surface area contributed by atoms with Gasteiger partial charge < -0.3 is 24.7 Å². The monoisotopic (exact) mass is 475 g/mol. The number of amides is 2. The van der Waals surface area contributed by atoms with E-state index in [0.29, 0.717) is 18.1 Å². The van der Waals surface area contributed by atoms with E-state index in [1.165, 1.54) is 5.56 Å².